The van der Waals surface area contributed by atoms with Gasteiger partial charge in [0, 0.05) is 78.9 Å². The molecule has 4 atom stereocenters. The van der Waals surface area contributed by atoms with E-state index >= 15 is 0 Å². The molecular weight excluding hydrogens is 502 g/mol. The number of rotatable bonds is 6. The van der Waals surface area contributed by atoms with Crippen molar-refractivity contribution >= 4 is 17.2 Å². The van der Waals surface area contributed by atoms with E-state index < -0.39 is 6.04 Å². The van der Waals surface area contributed by atoms with Crippen molar-refractivity contribution in [2.75, 3.05) is 18.0 Å². The van der Waals surface area contributed by atoms with Gasteiger partial charge in [0.1, 0.15) is 17.9 Å². The topological polar surface area (TPSA) is 130 Å². The molecule has 1 aliphatic carbocycles. The molecule has 0 bridgehead atoms. The highest BCUT2D eigenvalue weighted by Crippen LogP contribution is 2.46. The molecule has 198 valence electrons. The summed E-state index contributed by atoms with van der Waals surface area (Å²) in [5, 5.41) is 21.6. The number of piperidine rings is 1. The molecule has 5 heterocycles. The van der Waals surface area contributed by atoms with E-state index in [9.17, 15) is 10.1 Å². The number of hydrogen-bond donors (Lipinski definition) is 2. The highest BCUT2D eigenvalue weighted by molar-refractivity contribution is 5.87. The van der Waals surface area contributed by atoms with Crippen molar-refractivity contribution in [1.29, 1.82) is 5.26 Å². The molecule has 40 heavy (non-hydrogen) atoms. The van der Waals surface area contributed by atoms with Gasteiger partial charge in [0.2, 0.25) is 5.91 Å². The molecule has 1 aromatic carbocycles. The number of nitrogens with zero attached hydrogens (tertiary/aromatic N) is 7. The average Bonchev–Trinajstić information content (AvgIpc) is 3.44. The van der Waals surface area contributed by atoms with E-state index in [1.807, 2.05) is 74.3 Å². The lowest BCUT2D eigenvalue weighted by Crippen LogP contribution is -2.39. The van der Waals surface area contributed by atoms with Gasteiger partial charge in [0.15, 0.2) is 0 Å². The van der Waals surface area contributed by atoms with Gasteiger partial charge in [-0.2, -0.15) is 15.5 Å². The molecule has 2 unspecified atom stereocenters. The van der Waals surface area contributed by atoms with Crippen LogP contribution in [0.25, 0.3) is 27.8 Å². The molecule has 1 saturated heterocycles. The zero-order chi connectivity index (χ0) is 27.4. The Morgan fingerprint density at radius 2 is 1.82 bits per heavy atom. The molecule has 1 aliphatic heterocycles. The molecule has 1 amide bonds. The summed E-state index contributed by atoms with van der Waals surface area (Å²) >= 11 is 0. The first kappa shape index (κ1) is 24.1. The summed E-state index contributed by atoms with van der Waals surface area (Å²) in [5.74, 6) is 1.56. The zero-order valence-electron chi connectivity index (χ0n) is 21.8. The fourth-order valence-corrected chi connectivity index (χ4v) is 5.88. The number of aryl methyl sites for hydroxylation is 1. The van der Waals surface area contributed by atoms with E-state index in [-0.39, 0.29) is 11.9 Å². The molecular formula is C30H27N9O. The predicted molar refractivity (Wildman–Crippen MR) is 150 cm³/mol. The largest absolute Gasteiger partial charge is 0.356 e. The molecule has 7 rings (SSSR count). The molecule has 5 aromatic rings. The Morgan fingerprint density at radius 3 is 2.50 bits per heavy atom. The van der Waals surface area contributed by atoms with Crippen LogP contribution in [0.15, 0.2) is 79.5 Å². The van der Waals surface area contributed by atoms with Gasteiger partial charge >= 0.3 is 0 Å². The van der Waals surface area contributed by atoms with E-state index in [4.69, 9.17) is 10.7 Å². The summed E-state index contributed by atoms with van der Waals surface area (Å²) in [6.07, 6.45) is 9.12. The van der Waals surface area contributed by atoms with E-state index in [1.54, 1.807) is 15.4 Å². The lowest BCUT2D eigenvalue weighted by atomic mass is 10.0. The molecule has 1 saturated carbocycles. The Labute approximate surface area is 230 Å². The maximum Gasteiger partial charge on any atom is 0.241 e. The van der Waals surface area contributed by atoms with E-state index in [0.29, 0.717) is 17.4 Å². The number of carbonyl (C=O) groups is 1. The van der Waals surface area contributed by atoms with Crippen molar-refractivity contribution in [2.45, 2.75) is 12.1 Å². The Hall–Kier alpha value is -5.01. The summed E-state index contributed by atoms with van der Waals surface area (Å²) in [6.45, 7) is 1.68. The van der Waals surface area contributed by atoms with Gasteiger partial charge in [-0.15, -0.1) is 0 Å². The summed E-state index contributed by atoms with van der Waals surface area (Å²) < 4.78 is 3.50. The van der Waals surface area contributed by atoms with Crippen LogP contribution in [0.1, 0.15) is 17.2 Å². The van der Waals surface area contributed by atoms with Crippen molar-refractivity contribution in [2.24, 2.45) is 24.6 Å². The van der Waals surface area contributed by atoms with Gasteiger partial charge in [0.05, 0.1) is 23.5 Å². The number of anilines is 1. The Balaban J connectivity index is 1.07. The minimum Gasteiger partial charge on any atom is -0.356 e. The van der Waals surface area contributed by atoms with Crippen LogP contribution in [-0.4, -0.2) is 49.4 Å². The van der Waals surface area contributed by atoms with Gasteiger partial charge in [-0.05, 0) is 23.8 Å². The summed E-state index contributed by atoms with van der Waals surface area (Å²) in [4.78, 5) is 19.7. The summed E-state index contributed by atoms with van der Waals surface area (Å²) in [6, 6.07) is 17.3. The third kappa shape index (κ3) is 4.08. The number of fused-ring (bicyclic) bond motifs is 2. The van der Waals surface area contributed by atoms with Gasteiger partial charge < -0.3 is 16.0 Å². The molecule has 4 aromatic heterocycles. The van der Waals surface area contributed by atoms with Crippen LogP contribution in [-0.2, 0) is 11.8 Å². The van der Waals surface area contributed by atoms with Gasteiger partial charge in [-0.25, -0.2) is 9.50 Å². The van der Waals surface area contributed by atoms with Crippen LogP contribution in [0.5, 0.6) is 0 Å². The van der Waals surface area contributed by atoms with Gasteiger partial charge in [-0.1, -0.05) is 30.3 Å². The second kappa shape index (κ2) is 9.32. The van der Waals surface area contributed by atoms with Crippen molar-refractivity contribution in [3.63, 3.8) is 0 Å². The van der Waals surface area contributed by atoms with Crippen molar-refractivity contribution in [3.05, 3.63) is 90.6 Å². The number of nitrogens with one attached hydrogen (secondary N) is 1. The Kier molecular flexibility index (Phi) is 5.61. The number of pyridine rings is 2. The summed E-state index contributed by atoms with van der Waals surface area (Å²) in [7, 11) is 1.88. The molecule has 3 N–H and O–H groups in total. The predicted octanol–water partition coefficient (Wildman–Crippen LogP) is 2.92. The van der Waals surface area contributed by atoms with Crippen LogP contribution in [0.3, 0.4) is 0 Å². The SMILES string of the molecule is Cn1cc(-c2cc(-c3ccc(N4C[C@@H]5C(NC(=O)C(N)c6ccccc6)[C@@H]5C4)nc3)c3c(C#N)cnn3c2)cn1. The third-order valence-electron chi connectivity index (χ3n) is 8.10. The number of nitrogens with two attached hydrogens (primary N) is 1. The van der Waals surface area contributed by atoms with Crippen molar-refractivity contribution in [3.8, 4) is 28.3 Å². The zero-order valence-corrected chi connectivity index (χ0v) is 21.8. The molecule has 2 fully saturated rings. The fraction of sp³-hybridized carbons (Fsp3) is 0.233. The fourth-order valence-electron chi connectivity index (χ4n) is 5.88. The van der Waals surface area contributed by atoms with E-state index in [0.717, 1.165) is 52.2 Å². The molecule has 10 heteroatoms. The first-order chi connectivity index (χ1) is 19.5. The highest BCUT2D eigenvalue weighted by Gasteiger charge is 2.57. The number of nitriles is 1. The van der Waals surface area contributed by atoms with Crippen LogP contribution >= 0.6 is 0 Å². The Bertz CT molecular complexity index is 1750. The lowest BCUT2D eigenvalue weighted by molar-refractivity contribution is -0.122. The lowest BCUT2D eigenvalue weighted by Gasteiger charge is -2.22. The number of amides is 1. The van der Waals surface area contributed by atoms with Gasteiger partial charge in [0.25, 0.3) is 0 Å². The maximum atomic E-state index is 12.7. The average molecular weight is 530 g/mol. The summed E-state index contributed by atoms with van der Waals surface area (Å²) in [5.41, 5.74) is 12.0. The molecule has 10 nitrogen and oxygen atoms in total. The smallest absolute Gasteiger partial charge is 0.241 e. The highest BCUT2D eigenvalue weighted by atomic mass is 16.2. The van der Waals surface area contributed by atoms with Crippen molar-refractivity contribution < 1.29 is 4.79 Å². The standard InChI is InChI=1S/C30H27N9O/c1-37-14-22(13-34-37)20-9-23(29-21(10-31)12-35-39(29)15-20)19-7-8-26(33-11-19)38-16-24-25(17-38)28(24)36-30(40)27(32)18-5-3-2-4-6-18/h2-9,11-15,24-25,27-28H,16-17,32H2,1H3,(H,36,40)/t24-,25+,27?,28?. The quantitative estimate of drug-likeness (QED) is 0.346. The minimum absolute atomic E-state index is 0.129. The molecule has 0 radical (unpaired) electrons. The minimum atomic E-state index is -0.659. The van der Waals surface area contributed by atoms with Gasteiger partial charge in [-0.3, -0.25) is 9.48 Å². The van der Waals surface area contributed by atoms with E-state index in [2.05, 4.69) is 32.5 Å². The van der Waals surface area contributed by atoms with Crippen LogP contribution in [0, 0.1) is 23.2 Å². The third-order valence-corrected chi connectivity index (χ3v) is 8.10. The number of benzene rings is 1. The van der Waals surface area contributed by atoms with Crippen LogP contribution < -0.4 is 16.0 Å². The monoisotopic (exact) mass is 529 g/mol. The Morgan fingerprint density at radius 1 is 1.02 bits per heavy atom. The first-order valence-electron chi connectivity index (χ1n) is 13.2. The van der Waals surface area contributed by atoms with Crippen LogP contribution in [0.4, 0.5) is 5.82 Å². The second-order valence-corrected chi connectivity index (χ2v) is 10.6. The van der Waals surface area contributed by atoms with Crippen LogP contribution in [0.2, 0.25) is 0 Å². The van der Waals surface area contributed by atoms with E-state index in [1.165, 1.54) is 0 Å². The normalized spacial score (nSPS) is 20.2. The maximum absolute atomic E-state index is 12.7. The number of aromatic nitrogens is 5. The second-order valence-electron chi connectivity index (χ2n) is 10.6. The first-order valence-corrected chi connectivity index (χ1v) is 13.2. The van der Waals surface area contributed by atoms with Crippen molar-refractivity contribution in [1.82, 2.24) is 29.7 Å². The molecule has 0 spiro atoms. The number of hydrogen-bond acceptors (Lipinski definition) is 7. The number of carbonyl (C=O) groups excluding carboxylic acids is 1. The molecule has 2 aliphatic rings.